The maximum atomic E-state index is 12.6. The van der Waals surface area contributed by atoms with Crippen molar-refractivity contribution in [2.24, 2.45) is 0 Å². The van der Waals surface area contributed by atoms with Gasteiger partial charge in [0.05, 0.1) is 34.7 Å². The van der Waals surface area contributed by atoms with Crippen molar-refractivity contribution >= 4 is 36.5 Å². The molecule has 2 N–H and O–H groups in total. The van der Waals surface area contributed by atoms with Crippen molar-refractivity contribution in [2.45, 2.75) is 56.4 Å². The first-order valence-corrected chi connectivity index (χ1v) is 17.2. The zero-order valence-electron chi connectivity index (χ0n) is 21.6. The monoisotopic (exact) mass is 526 g/mol. The first-order chi connectivity index (χ1) is 17.0. The van der Waals surface area contributed by atoms with Crippen LogP contribution in [-0.2, 0) is 17.2 Å². The number of anilines is 3. The van der Waals surface area contributed by atoms with Gasteiger partial charge in [-0.2, -0.15) is 4.98 Å². The number of aromatic nitrogens is 3. The average Bonchev–Trinajstić information content (AvgIpc) is 3.22. The minimum absolute atomic E-state index is 0.0658. The summed E-state index contributed by atoms with van der Waals surface area (Å²) in [5.74, 6) is 6.66. The summed E-state index contributed by atoms with van der Waals surface area (Å²) in [7, 11) is -2.60. The molecule has 5 rings (SSSR count). The van der Waals surface area contributed by atoms with Crippen LogP contribution in [0.25, 0.3) is 0 Å². The van der Waals surface area contributed by atoms with Crippen molar-refractivity contribution < 1.29 is 14.1 Å². The summed E-state index contributed by atoms with van der Waals surface area (Å²) >= 11 is 0. The molecule has 5 heterocycles. The molecule has 3 aliphatic rings. The molecule has 9 nitrogen and oxygen atoms in total. The molecule has 2 aromatic rings. The van der Waals surface area contributed by atoms with Gasteiger partial charge in [-0.25, -0.2) is 9.97 Å². The quantitative estimate of drug-likeness (QED) is 0.457. The predicted molar refractivity (Wildman–Crippen MR) is 145 cm³/mol. The van der Waals surface area contributed by atoms with E-state index in [0.29, 0.717) is 42.0 Å². The molecule has 0 saturated carbocycles. The van der Waals surface area contributed by atoms with Crippen LogP contribution in [0.1, 0.15) is 25.1 Å². The smallest absolute Gasteiger partial charge is 0.227 e. The van der Waals surface area contributed by atoms with Gasteiger partial charge in [-0.05, 0) is 13.8 Å². The van der Waals surface area contributed by atoms with Crippen molar-refractivity contribution in [3.05, 3.63) is 23.5 Å². The van der Waals surface area contributed by atoms with Crippen LogP contribution in [0.15, 0.2) is 17.2 Å². The van der Waals surface area contributed by atoms with Crippen LogP contribution < -0.4 is 19.9 Å². The highest BCUT2D eigenvalue weighted by Gasteiger charge is 2.36. The van der Waals surface area contributed by atoms with E-state index in [-0.39, 0.29) is 12.6 Å². The number of nitrogens with zero attached hydrogens (tertiary/aromatic N) is 5. The molecule has 1 fully saturated rings. The van der Waals surface area contributed by atoms with Crippen LogP contribution in [0, 0.1) is 11.5 Å². The van der Waals surface area contributed by atoms with Crippen LogP contribution in [0.2, 0.25) is 19.6 Å². The molecule has 1 saturated heterocycles. The number of aliphatic hydroxyl groups excluding tert-OH is 1. The van der Waals surface area contributed by atoms with E-state index in [9.17, 15) is 9.32 Å². The minimum Gasteiger partial charge on any atom is -0.487 e. The Morgan fingerprint density at radius 1 is 1.31 bits per heavy atom. The second-order valence-corrected chi connectivity index (χ2v) is 17.5. The molecule has 0 bridgehead atoms. The van der Waals surface area contributed by atoms with Crippen molar-refractivity contribution in [1.29, 1.82) is 0 Å². The summed E-state index contributed by atoms with van der Waals surface area (Å²) in [6.45, 7) is 13.1. The highest BCUT2D eigenvalue weighted by Crippen LogP contribution is 2.36. The van der Waals surface area contributed by atoms with Crippen molar-refractivity contribution in [3.63, 3.8) is 0 Å². The van der Waals surface area contributed by atoms with Gasteiger partial charge in [0, 0.05) is 49.6 Å². The van der Waals surface area contributed by atoms with E-state index in [2.05, 4.69) is 46.2 Å². The number of rotatable bonds is 4. The topological polar surface area (TPSA) is 104 Å². The minimum atomic E-state index is -1.47. The van der Waals surface area contributed by atoms with Gasteiger partial charge in [0.2, 0.25) is 5.95 Å². The normalized spacial score (nSPS) is 21.1. The summed E-state index contributed by atoms with van der Waals surface area (Å²) in [5, 5.41) is 13.1. The molecular weight excluding hydrogens is 492 g/mol. The molecule has 2 aromatic heterocycles. The highest BCUT2D eigenvalue weighted by molar-refractivity contribution is 7.85. The summed E-state index contributed by atoms with van der Waals surface area (Å²) in [6.07, 6.45) is 2.51. The number of piperazine rings is 1. The maximum absolute atomic E-state index is 12.6. The van der Waals surface area contributed by atoms with Gasteiger partial charge < -0.3 is 25.0 Å². The third-order valence-corrected chi connectivity index (χ3v) is 8.75. The van der Waals surface area contributed by atoms with E-state index in [0.717, 1.165) is 35.9 Å². The number of ether oxygens (including phenoxy) is 1. The number of fused-ring (bicyclic) bond motifs is 4. The van der Waals surface area contributed by atoms with Gasteiger partial charge in [-0.15, -0.1) is 5.54 Å². The Morgan fingerprint density at radius 3 is 2.86 bits per heavy atom. The molecule has 0 aliphatic carbocycles. The van der Waals surface area contributed by atoms with E-state index >= 15 is 0 Å². The Hall–Kier alpha value is -2.68. The number of aliphatic hydroxyl groups is 1. The summed E-state index contributed by atoms with van der Waals surface area (Å²) < 4.78 is 18.8. The van der Waals surface area contributed by atoms with Gasteiger partial charge in [0.1, 0.15) is 25.4 Å². The lowest BCUT2D eigenvalue weighted by Gasteiger charge is -2.44. The lowest BCUT2D eigenvalue weighted by atomic mass is 10.1. The van der Waals surface area contributed by atoms with Crippen molar-refractivity contribution in [2.75, 3.05) is 53.7 Å². The fourth-order valence-corrected chi connectivity index (χ4v) is 6.33. The van der Waals surface area contributed by atoms with E-state index in [4.69, 9.17) is 19.7 Å². The van der Waals surface area contributed by atoms with Gasteiger partial charge in [0.25, 0.3) is 0 Å². The van der Waals surface area contributed by atoms with Crippen LogP contribution in [0.5, 0.6) is 5.75 Å². The van der Waals surface area contributed by atoms with Gasteiger partial charge >= 0.3 is 0 Å². The Labute approximate surface area is 216 Å². The lowest BCUT2D eigenvalue weighted by Crippen LogP contribution is -2.58. The number of pyridine rings is 1. The van der Waals surface area contributed by atoms with Gasteiger partial charge in [0.15, 0.2) is 11.6 Å². The first-order valence-electron chi connectivity index (χ1n) is 12.4. The Bertz CT molecular complexity index is 1270. The van der Waals surface area contributed by atoms with Crippen LogP contribution in [0.3, 0.4) is 0 Å². The van der Waals surface area contributed by atoms with E-state index < -0.39 is 24.4 Å². The largest absolute Gasteiger partial charge is 0.487 e. The highest BCUT2D eigenvalue weighted by atomic mass is 32.2. The Kier molecular flexibility index (Phi) is 6.47. The SMILES string of the molecule is CC(C)(CO)Nc1nc(N2CCN3c4ncc(C#C[Si](C)(C)C)cc4OCC3C2)nc2c1[S@](=O)CC2. The zero-order valence-corrected chi connectivity index (χ0v) is 23.4. The predicted octanol–water partition coefficient (Wildman–Crippen LogP) is 2.03. The third-order valence-electron chi connectivity index (χ3n) is 6.41. The van der Waals surface area contributed by atoms with Gasteiger partial charge in [-0.1, -0.05) is 25.6 Å². The Balaban J connectivity index is 1.37. The standard InChI is InChI=1S/C25H34N6O3SSi/c1-25(2,16-32)29-22-21-19(6-10-35(21)33)27-24(28-22)30-8-9-31-18(14-30)15-34-20-12-17(13-26-23(20)31)7-11-36(3,4)5/h12-13,18,32H,6,8-10,14-16H2,1-5H3,(H,27,28,29)/t18?,35-/m1/s1. The molecule has 2 atom stereocenters. The average molecular weight is 527 g/mol. The van der Waals surface area contributed by atoms with Crippen LogP contribution in [0.4, 0.5) is 17.6 Å². The van der Waals surface area contributed by atoms with Gasteiger partial charge in [-0.3, -0.25) is 4.21 Å². The van der Waals surface area contributed by atoms with Crippen molar-refractivity contribution in [3.8, 4) is 17.2 Å². The molecule has 36 heavy (non-hydrogen) atoms. The Morgan fingerprint density at radius 2 is 2.11 bits per heavy atom. The van der Waals surface area contributed by atoms with E-state index in [1.54, 1.807) is 0 Å². The fraction of sp³-hybridized carbons (Fsp3) is 0.560. The molecular formula is C25H34N6O3SSi. The second-order valence-electron chi connectivity index (χ2n) is 11.3. The molecule has 1 unspecified atom stereocenters. The molecule has 0 spiro atoms. The fourth-order valence-electron chi connectivity index (χ4n) is 4.50. The summed E-state index contributed by atoms with van der Waals surface area (Å²) in [6, 6.07) is 2.12. The number of nitrogens with one attached hydrogen (secondary N) is 1. The molecule has 0 amide bonds. The number of hydrogen-bond donors (Lipinski definition) is 2. The molecule has 0 radical (unpaired) electrons. The van der Waals surface area contributed by atoms with Crippen LogP contribution in [-0.4, -0.2) is 82.5 Å². The first kappa shape index (κ1) is 25.0. The second kappa shape index (κ2) is 9.32. The summed E-state index contributed by atoms with van der Waals surface area (Å²) in [4.78, 5) is 19.5. The van der Waals surface area contributed by atoms with Crippen LogP contribution >= 0.6 is 0 Å². The molecule has 192 valence electrons. The molecule has 0 aromatic carbocycles. The van der Waals surface area contributed by atoms with E-state index in [1.807, 2.05) is 26.1 Å². The summed E-state index contributed by atoms with van der Waals surface area (Å²) in [5.41, 5.74) is 4.52. The zero-order chi connectivity index (χ0) is 25.7. The van der Waals surface area contributed by atoms with Crippen molar-refractivity contribution in [1.82, 2.24) is 15.0 Å². The lowest BCUT2D eigenvalue weighted by molar-refractivity contribution is 0.233. The number of hydrogen-bond acceptors (Lipinski definition) is 9. The number of aryl methyl sites for hydroxylation is 1. The maximum Gasteiger partial charge on any atom is 0.227 e. The van der Waals surface area contributed by atoms with E-state index in [1.165, 1.54) is 0 Å². The molecule has 3 aliphatic heterocycles. The molecule has 11 heteroatoms. The third kappa shape index (κ3) is 5.07.